The van der Waals surface area contributed by atoms with Crippen LogP contribution in [0.1, 0.15) is 16.2 Å². The van der Waals surface area contributed by atoms with E-state index in [1.54, 1.807) is 17.1 Å². The maximum Gasteiger partial charge on any atom is 0.360 e. The molecule has 0 aliphatic heterocycles. The topological polar surface area (TPSA) is 82.8 Å². The van der Waals surface area contributed by atoms with E-state index in [1.807, 2.05) is 24.3 Å². The van der Waals surface area contributed by atoms with Crippen LogP contribution in [0.5, 0.6) is 0 Å². The molecule has 0 bridgehead atoms. The van der Waals surface area contributed by atoms with Crippen LogP contribution in [0.25, 0.3) is 11.0 Å². The van der Waals surface area contributed by atoms with Gasteiger partial charge in [-0.25, -0.2) is 14.8 Å². The third kappa shape index (κ3) is 2.86. The Morgan fingerprint density at radius 2 is 2.24 bits per heavy atom. The monoisotopic (exact) mass is 283 g/mol. The lowest BCUT2D eigenvalue weighted by atomic mass is 10.2. The number of carbonyl (C=O) groups excluding carboxylic acids is 1. The quantitative estimate of drug-likeness (QED) is 0.670. The van der Waals surface area contributed by atoms with Gasteiger partial charge in [0.25, 0.3) is 0 Å². The molecule has 3 aromatic rings. The summed E-state index contributed by atoms with van der Waals surface area (Å²) < 4.78 is 6.18. The van der Waals surface area contributed by atoms with Crippen molar-refractivity contribution in [2.24, 2.45) is 0 Å². The summed E-state index contributed by atoms with van der Waals surface area (Å²) in [4.78, 5) is 20.0. The minimum absolute atomic E-state index is 0.200. The van der Waals surface area contributed by atoms with Gasteiger partial charge in [0, 0.05) is 30.2 Å². The molecule has 7 nitrogen and oxygen atoms in total. The number of nitrogens with zero attached hydrogens (tertiary/aromatic N) is 5. The molecule has 0 fully saturated rings. The Morgan fingerprint density at radius 1 is 1.33 bits per heavy atom. The van der Waals surface area contributed by atoms with E-state index in [0.29, 0.717) is 13.0 Å². The standard InChI is InChI=1S/C14H13N5O2/c1-21-14(20)12-9-19(18-17-12)8-6-11-5-4-10-3-2-7-15-13(10)16-11/h2-5,7,9H,6,8H2,1H3. The highest BCUT2D eigenvalue weighted by molar-refractivity contribution is 5.86. The Balaban J connectivity index is 1.71. The normalized spacial score (nSPS) is 10.7. The number of hydrogen-bond acceptors (Lipinski definition) is 6. The molecule has 0 saturated heterocycles. The zero-order valence-corrected chi connectivity index (χ0v) is 11.4. The van der Waals surface area contributed by atoms with E-state index in [4.69, 9.17) is 0 Å². The number of carbonyl (C=O) groups is 1. The molecule has 0 unspecified atom stereocenters. The number of methoxy groups -OCH3 is 1. The summed E-state index contributed by atoms with van der Waals surface area (Å²) >= 11 is 0. The van der Waals surface area contributed by atoms with Crippen LogP contribution in [-0.2, 0) is 17.7 Å². The van der Waals surface area contributed by atoms with Gasteiger partial charge in [-0.1, -0.05) is 5.21 Å². The second-order valence-corrected chi connectivity index (χ2v) is 4.46. The summed E-state index contributed by atoms with van der Waals surface area (Å²) in [6.07, 6.45) is 3.96. The fourth-order valence-electron chi connectivity index (χ4n) is 1.97. The summed E-state index contributed by atoms with van der Waals surface area (Å²) in [5.74, 6) is -0.491. The third-order valence-electron chi connectivity index (χ3n) is 3.05. The number of hydrogen-bond donors (Lipinski definition) is 0. The predicted molar refractivity (Wildman–Crippen MR) is 74.6 cm³/mol. The predicted octanol–water partition coefficient (Wildman–Crippen LogP) is 1.25. The van der Waals surface area contributed by atoms with E-state index < -0.39 is 5.97 Å². The zero-order chi connectivity index (χ0) is 14.7. The van der Waals surface area contributed by atoms with Crippen molar-refractivity contribution in [2.75, 3.05) is 7.11 Å². The van der Waals surface area contributed by atoms with Crippen molar-refractivity contribution >= 4 is 17.0 Å². The van der Waals surface area contributed by atoms with Crippen LogP contribution in [0.15, 0.2) is 36.7 Å². The fourth-order valence-corrected chi connectivity index (χ4v) is 1.97. The van der Waals surface area contributed by atoms with Crippen LogP contribution in [0.3, 0.4) is 0 Å². The highest BCUT2D eigenvalue weighted by Crippen LogP contribution is 2.10. The molecule has 0 aliphatic carbocycles. The Morgan fingerprint density at radius 3 is 3.10 bits per heavy atom. The van der Waals surface area contributed by atoms with E-state index >= 15 is 0 Å². The lowest BCUT2D eigenvalue weighted by molar-refractivity contribution is 0.0594. The fraction of sp³-hybridized carbons (Fsp3) is 0.214. The molecule has 0 radical (unpaired) electrons. The molecule has 106 valence electrons. The molecule has 0 aromatic carbocycles. The first kappa shape index (κ1) is 13.2. The molecule has 7 heteroatoms. The van der Waals surface area contributed by atoms with Crippen LogP contribution in [-0.4, -0.2) is 38.0 Å². The molecule has 0 N–H and O–H groups in total. The van der Waals surface area contributed by atoms with Gasteiger partial charge in [-0.2, -0.15) is 0 Å². The van der Waals surface area contributed by atoms with E-state index in [2.05, 4.69) is 25.0 Å². The number of aromatic nitrogens is 5. The lowest BCUT2D eigenvalue weighted by Gasteiger charge is -2.02. The van der Waals surface area contributed by atoms with Gasteiger partial charge in [-0.3, -0.25) is 4.68 Å². The van der Waals surface area contributed by atoms with E-state index in [-0.39, 0.29) is 5.69 Å². The smallest absolute Gasteiger partial charge is 0.360 e. The third-order valence-corrected chi connectivity index (χ3v) is 3.05. The Kier molecular flexibility index (Phi) is 3.55. The van der Waals surface area contributed by atoms with Crippen LogP contribution < -0.4 is 0 Å². The van der Waals surface area contributed by atoms with Crippen molar-refractivity contribution in [3.05, 3.63) is 48.0 Å². The molecule has 0 spiro atoms. The molecule has 3 heterocycles. The minimum Gasteiger partial charge on any atom is -0.464 e. The van der Waals surface area contributed by atoms with E-state index in [0.717, 1.165) is 16.7 Å². The Labute approximate surface area is 120 Å². The molecule has 21 heavy (non-hydrogen) atoms. The van der Waals surface area contributed by atoms with E-state index in [1.165, 1.54) is 7.11 Å². The van der Waals surface area contributed by atoms with Gasteiger partial charge in [-0.05, 0) is 24.3 Å². The number of ether oxygens (including phenoxy) is 1. The van der Waals surface area contributed by atoms with Crippen LogP contribution >= 0.6 is 0 Å². The summed E-state index contributed by atoms with van der Waals surface area (Å²) in [7, 11) is 1.31. The first-order chi connectivity index (χ1) is 10.3. The van der Waals surface area contributed by atoms with Crippen molar-refractivity contribution in [3.8, 4) is 0 Å². The van der Waals surface area contributed by atoms with Crippen molar-refractivity contribution < 1.29 is 9.53 Å². The highest BCUT2D eigenvalue weighted by atomic mass is 16.5. The van der Waals surface area contributed by atoms with Gasteiger partial charge in [-0.15, -0.1) is 5.10 Å². The number of pyridine rings is 2. The maximum absolute atomic E-state index is 11.3. The van der Waals surface area contributed by atoms with Gasteiger partial charge in [0.1, 0.15) is 0 Å². The van der Waals surface area contributed by atoms with Crippen LogP contribution in [0.4, 0.5) is 0 Å². The summed E-state index contributed by atoms with van der Waals surface area (Å²) in [6, 6.07) is 7.81. The summed E-state index contributed by atoms with van der Waals surface area (Å²) in [6.45, 7) is 0.579. The number of esters is 1. The average Bonchev–Trinajstić information content (AvgIpc) is 3.01. The van der Waals surface area contributed by atoms with Crippen molar-refractivity contribution in [1.82, 2.24) is 25.0 Å². The molecule has 3 aromatic heterocycles. The molecular weight excluding hydrogens is 270 g/mol. The van der Waals surface area contributed by atoms with Gasteiger partial charge < -0.3 is 4.74 Å². The van der Waals surface area contributed by atoms with Crippen molar-refractivity contribution in [3.63, 3.8) is 0 Å². The first-order valence-corrected chi connectivity index (χ1v) is 6.45. The minimum atomic E-state index is -0.491. The summed E-state index contributed by atoms with van der Waals surface area (Å²) in [5.41, 5.74) is 1.84. The molecule has 0 atom stereocenters. The second-order valence-electron chi connectivity index (χ2n) is 4.46. The average molecular weight is 283 g/mol. The van der Waals surface area contributed by atoms with Gasteiger partial charge in [0.15, 0.2) is 11.3 Å². The Hall–Kier alpha value is -2.83. The van der Waals surface area contributed by atoms with Crippen LogP contribution in [0.2, 0.25) is 0 Å². The number of fused-ring (bicyclic) bond motifs is 1. The maximum atomic E-state index is 11.3. The van der Waals surface area contributed by atoms with Crippen molar-refractivity contribution in [2.45, 2.75) is 13.0 Å². The lowest BCUT2D eigenvalue weighted by Crippen LogP contribution is -2.04. The van der Waals surface area contributed by atoms with Crippen LogP contribution in [0, 0.1) is 0 Å². The molecule has 0 saturated carbocycles. The molecule has 0 aliphatic rings. The Bertz CT molecular complexity index is 784. The zero-order valence-electron chi connectivity index (χ0n) is 11.4. The van der Waals surface area contributed by atoms with Gasteiger partial charge >= 0.3 is 5.97 Å². The second kappa shape index (κ2) is 5.66. The summed E-state index contributed by atoms with van der Waals surface area (Å²) in [5, 5.41) is 8.65. The largest absolute Gasteiger partial charge is 0.464 e. The van der Waals surface area contributed by atoms with E-state index in [9.17, 15) is 4.79 Å². The SMILES string of the molecule is COC(=O)c1cn(CCc2ccc3cccnc3n2)nn1. The number of aryl methyl sites for hydroxylation is 2. The molecular formula is C14H13N5O2. The number of rotatable bonds is 4. The van der Waals surface area contributed by atoms with Crippen molar-refractivity contribution in [1.29, 1.82) is 0 Å². The van der Waals surface area contributed by atoms with Gasteiger partial charge in [0.2, 0.25) is 0 Å². The van der Waals surface area contributed by atoms with Gasteiger partial charge in [0.05, 0.1) is 13.3 Å². The first-order valence-electron chi connectivity index (χ1n) is 6.45. The highest BCUT2D eigenvalue weighted by Gasteiger charge is 2.10. The molecule has 0 amide bonds. The molecule has 3 rings (SSSR count).